The molecule has 7 heteroatoms. The van der Waals surface area contributed by atoms with Crippen molar-refractivity contribution in [1.29, 1.82) is 0 Å². The van der Waals surface area contributed by atoms with Crippen molar-refractivity contribution in [2.75, 3.05) is 6.61 Å². The Bertz CT molecular complexity index is 1200. The normalized spacial score (nSPS) is 12.3. The third kappa shape index (κ3) is 4.62. The highest BCUT2D eigenvalue weighted by Gasteiger charge is 2.18. The van der Waals surface area contributed by atoms with E-state index in [2.05, 4.69) is 26.7 Å². The highest BCUT2D eigenvalue weighted by atomic mass is 16.3. The summed E-state index contributed by atoms with van der Waals surface area (Å²) in [4.78, 5) is 17.0. The van der Waals surface area contributed by atoms with Crippen molar-refractivity contribution in [2.24, 2.45) is 5.92 Å². The van der Waals surface area contributed by atoms with Crippen LogP contribution in [0, 0.1) is 5.92 Å². The van der Waals surface area contributed by atoms with Gasteiger partial charge in [-0.05, 0) is 35.1 Å². The summed E-state index contributed by atoms with van der Waals surface area (Å²) in [7, 11) is 0. The standard InChI is InChI=1S/C24H25N5O2/c1-16(2)23(15-30)26-24(31)21-6-4-3-5-20(21)13-29-14-22(27-28-29)18-7-8-19-12-25-10-9-17(19)11-18/h3-12,14,16,23,30H,13,15H2,1-2H3,(H,26,31)/t23-/m1/s1. The zero-order chi connectivity index (χ0) is 21.8. The molecule has 1 amide bonds. The molecule has 2 aromatic heterocycles. The molecule has 0 aliphatic carbocycles. The van der Waals surface area contributed by atoms with Crippen molar-refractivity contribution in [1.82, 2.24) is 25.3 Å². The molecule has 0 unspecified atom stereocenters. The zero-order valence-corrected chi connectivity index (χ0v) is 17.6. The predicted octanol–water partition coefficient (Wildman–Crippen LogP) is 3.29. The largest absolute Gasteiger partial charge is 0.394 e. The number of fused-ring (bicyclic) bond motifs is 1. The Kier molecular flexibility index (Phi) is 6.04. The molecule has 0 saturated carbocycles. The molecule has 2 heterocycles. The van der Waals surface area contributed by atoms with Gasteiger partial charge in [0.25, 0.3) is 5.91 Å². The van der Waals surface area contributed by atoms with Gasteiger partial charge in [0.05, 0.1) is 25.4 Å². The number of carbonyl (C=O) groups excluding carboxylic acids is 1. The number of nitrogens with one attached hydrogen (secondary N) is 1. The number of nitrogens with zero attached hydrogens (tertiary/aromatic N) is 4. The average molecular weight is 415 g/mol. The van der Waals surface area contributed by atoms with Crippen LogP contribution < -0.4 is 5.32 Å². The van der Waals surface area contributed by atoms with Crippen molar-refractivity contribution in [3.63, 3.8) is 0 Å². The van der Waals surface area contributed by atoms with E-state index in [4.69, 9.17) is 0 Å². The molecule has 0 saturated heterocycles. The van der Waals surface area contributed by atoms with Crippen LogP contribution in [0.4, 0.5) is 0 Å². The Morgan fingerprint density at radius 1 is 1.13 bits per heavy atom. The Morgan fingerprint density at radius 2 is 1.97 bits per heavy atom. The second-order valence-electron chi connectivity index (χ2n) is 7.90. The van der Waals surface area contributed by atoms with Crippen LogP contribution in [0.15, 0.2) is 67.1 Å². The molecule has 4 rings (SSSR count). The highest BCUT2D eigenvalue weighted by Crippen LogP contribution is 2.22. The quantitative estimate of drug-likeness (QED) is 0.483. The van der Waals surface area contributed by atoms with E-state index in [9.17, 15) is 9.90 Å². The lowest BCUT2D eigenvalue weighted by Gasteiger charge is -2.20. The van der Waals surface area contributed by atoms with E-state index in [1.807, 2.05) is 62.6 Å². The van der Waals surface area contributed by atoms with Gasteiger partial charge in [-0.1, -0.05) is 49.4 Å². The fourth-order valence-corrected chi connectivity index (χ4v) is 3.47. The van der Waals surface area contributed by atoms with Gasteiger partial charge in [0, 0.05) is 28.9 Å². The number of benzene rings is 2. The monoisotopic (exact) mass is 415 g/mol. The van der Waals surface area contributed by atoms with E-state index in [0.717, 1.165) is 27.6 Å². The van der Waals surface area contributed by atoms with Crippen molar-refractivity contribution in [2.45, 2.75) is 26.4 Å². The third-order valence-corrected chi connectivity index (χ3v) is 5.39. The molecular formula is C24H25N5O2. The lowest BCUT2D eigenvalue weighted by atomic mass is 10.0. The van der Waals surface area contributed by atoms with Gasteiger partial charge in [-0.25, -0.2) is 4.68 Å². The van der Waals surface area contributed by atoms with Crippen LogP contribution >= 0.6 is 0 Å². The summed E-state index contributed by atoms with van der Waals surface area (Å²) in [6.07, 6.45) is 5.48. The molecular weight excluding hydrogens is 390 g/mol. The van der Waals surface area contributed by atoms with Crippen molar-refractivity contribution in [3.05, 3.63) is 78.2 Å². The van der Waals surface area contributed by atoms with Crippen LogP contribution in [0.25, 0.3) is 22.0 Å². The first kappa shape index (κ1) is 20.7. The smallest absolute Gasteiger partial charge is 0.251 e. The van der Waals surface area contributed by atoms with Crippen molar-refractivity contribution < 1.29 is 9.90 Å². The Balaban J connectivity index is 1.55. The van der Waals surface area contributed by atoms with Crippen LogP contribution in [0.2, 0.25) is 0 Å². The maximum atomic E-state index is 12.8. The Morgan fingerprint density at radius 3 is 2.77 bits per heavy atom. The molecule has 0 aliphatic rings. The topological polar surface area (TPSA) is 92.9 Å². The minimum Gasteiger partial charge on any atom is -0.394 e. The van der Waals surface area contributed by atoms with Gasteiger partial charge in [0.2, 0.25) is 0 Å². The molecule has 31 heavy (non-hydrogen) atoms. The number of aliphatic hydroxyl groups is 1. The molecule has 2 aromatic carbocycles. The molecule has 1 atom stereocenters. The summed E-state index contributed by atoms with van der Waals surface area (Å²) in [5, 5.41) is 23.2. The second-order valence-corrected chi connectivity index (χ2v) is 7.90. The van der Waals surface area contributed by atoms with Gasteiger partial charge in [0.15, 0.2) is 0 Å². The van der Waals surface area contributed by atoms with Crippen LogP contribution in [-0.2, 0) is 6.54 Å². The molecule has 0 aliphatic heterocycles. The first-order valence-electron chi connectivity index (χ1n) is 10.3. The summed E-state index contributed by atoms with van der Waals surface area (Å²) in [5.41, 5.74) is 3.14. The van der Waals surface area contributed by atoms with Crippen molar-refractivity contribution >= 4 is 16.7 Å². The number of aliphatic hydroxyl groups excluding tert-OH is 1. The van der Waals surface area contributed by atoms with Gasteiger partial charge < -0.3 is 10.4 Å². The number of carbonyl (C=O) groups is 1. The van der Waals surface area contributed by atoms with E-state index in [1.54, 1.807) is 16.9 Å². The van der Waals surface area contributed by atoms with Gasteiger partial charge in [-0.15, -0.1) is 5.10 Å². The van der Waals surface area contributed by atoms with Gasteiger partial charge in [0.1, 0.15) is 5.69 Å². The lowest BCUT2D eigenvalue weighted by molar-refractivity contribution is 0.0895. The van der Waals surface area contributed by atoms with E-state index < -0.39 is 0 Å². The summed E-state index contributed by atoms with van der Waals surface area (Å²) in [6.45, 7) is 4.25. The van der Waals surface area contributed by atoms with Crippen LogP contribution in [0.1, 0.15) is 29.8 Å². The summed E-state index contributed by atoms with van der Waals surface area (Å²) < 4.78 is 1.73. The SMILES string of the molecule is CC(C)[C@@H](CO)NC(=O)c1ccccc1Cn1cc(-c2ccc3cnccc3c2)nn1. The van der Waals surface area contributed by atoms with E-state index in [1.165, 1.54) is 0 Å². The predicted molar refractivity (Wildman–Crippen MR) is 119 cm³/mol. The van der Waals surface area contributed by atoms with Crippen LogP contribution in [-0.4, -0.2) is 43.6 Å². The molecule has 0 spiro atoms. The molecule has 0 fully saturated rings. The molecule has 4 aromatic rings. The maximum absolute atomic E-state index is 12.8. The minimum atomic E-state index is -0.290. The lowest BCUT2D eigenvalue weighted by Crippen LogP contribution is -2.41. The number of pyridine rings is 1. The van der Waals surface area contributed by atoms with E-state index >= 15 is 0 Å². The second kappa shape index (κ2) is 9.06. The molecule has 7 nitrogen and oxygen atoms in total. The third-order valence-electron chi connectivity index (χ3n) is 5.39. The van der Waals surface area contributed by atoms with Gasteiger partial charge in [-0.3, -0.25) is 9.78 Å². The maximum Gasteiger partial charge on any atom is 0.251 e. The highest BCUT2D eigenvalue weighted by molar-refractivity contribution is 5.95. The fourth-order valence-electron chi connectivity index (χ4n) is 3.47. The summed E-state index contributed by atoms with van der Waals surface area (Å²) in [6, 6.07) is 15.2. The number of hydrogen-bond donors (Lipinski definition) is 2. The van der Waals surface area contributed by atoms with Crippen molar-refractivity contribution in [3.8, 4) is 11.3 Å². The van der Waals surface area contributed by atoms with E-state index in [-0.39, 0.29) is 24.5 Å². The fraction of sp³-hybridized carbons (Fsp3) is 0.250. The minimum absolute atomic E-state index is 0.0974. The zero-order valence-electron chi connectivity index (χ0n) is 17.6. The molecule has 158 valence electrons. The first-order valence-corrected chi connectivity index (χ1v) is 10.3. The molecule has 2 N–H and O–H groups in total. The average Bonchev–Trinajstić information content (AvgIpc) is 3.25. The van der Waals surface area contributed by atoms with Gasteiger partial charge >= 0.3 is 0 Å². The first-order chi connectivity index (χ1) is 15.0. The Hall–Kier alpha value is -3.58. The molecule has 0 bridgehead atoms. The Labute approximate surface area is 180 Å². The number of hydrogen-bond acceptors (Lipinski definition) is 5. The van der Waals surface area contributed by atoms with Crippen LogP contribution in [0.5, 0.6) is 0 Å². The number of rotatable bonds is 7. The van der Waals surface area contributed by atoms with E-state index in [0.29, 0.717) is 12.1 Å². The summed E-state index contributed by atoms with van der Waals surface area (Å²) in [5.74, 6) is -0.0662. The number of amides is 1. The molecule has 0 radical (unpaired) electrons. The van der Waals surface area contributed by atoms with Crippen LogP contribution in [0.3, 0.4) is 0 Å². The summed E-state index contributed by atoms with van der Waals surface area (Å²) >= 11 is 0. The number of aromatic nitrogens is 4. The van der Waals surface area contributed by atoms with Gasteiger partial charge in [-0.2, -0.15) is 0 Å².